The standard InChI is InChI=1S/C26H23O4P/c1-20-10-6-8-14-25(20)29-31(27,30-26-15-9-7-11-21(26)2)28-24-18-16-23(17-19-24)22-12-4-3-5-13-22/h3-19H,1-2H3. The molecule has 0 atom stereocenters. The maximum atomic E-state index is 13.7. The number of hydrogen-bond donors (Lipinski definition) is 0. The Kier molecular flexibility index (Phi) is 6.11. The first-order chi connectivity index (χ1) is 15.0. The van der Waals surface area contributed by atoms with Gasteiger partial charge in [0.05, 0.1) is 0 Å². The quantitative estimate of drug-likeness (QED) is 0.283. The lowest BCUT2D eigenvalue weighted by Crippen LogP contribution is -2.08. The zero-order valence-electron chi connectivity index (χ0n) is 17.4. The van der Waals surface area contributed by atoms with E-state index in [1.807, 2.05) is 92.7 Å². The minimum absolute atomic E-state index is 0.394. The van der Waals surface area contributed by atoms with E-state index in [9.17, 15) is 4.57 Å². The molecule has 0 aromatic heterocycles. The smallest absolute Gasteiger partial charge is 0.386 e. The van der Waals surface area contributed by atoms with Crippen LogP contribution in [0.3, 0.4) is 0 Å². The monoisotopic (exact) mass is 430 g/mol. The summed E-state index contributed by atoms with van der Waals surface area (Å²) in [6.45, 7) is 3.75. The molecule has 0 saturated carbocycles. The van der Waals surface area contributed by atoms with Crippen molar-refractivity contribution in [3.63, 3.8) is 0 Å². The fourth-order valence-corrected chi connectivity index (χ4v) is 4.47. The van der Waals surface area contributed by atoms with E-state index in [4.69, 9.17) is 13.6 Å². The van der Waals surface area contributed by atoms with Crippen LogP contribution in [0, 0.1) is 13.8 Å². The molecule has 5 heteroatoms. The van der Waals surface area contributed by atoms with Gasteiger partial charge in [0, 0.05) is 0 Å². The fourth-order valence-electron chi connectivity index (χ4n) is 3.08. The molecule has 0 amide bonds. The normalized spacial score (nSPS) is 11.0. The molecule has 156 valence electrons. The Morgan fingerprint density at radius 3 is 1.48 bits per heavy atom. The van der Waals surface area contributed by atoms with Crippen molar-refractivity contribution < 1.29 is 18.1 Å². The largest absolute Gasteiger partial charge is 0.647 e. The van der Waals surface area contributed by atoms with Crippen molar-refractivity contribution in [1.82, 2.24) is 0 Å². The zero-order valence-corrected chi connectivity index (χ0v) is 18.3. The van der Waals surface area contributed by atoms with Crippen LogP contribution in [0.15, 0.2) is 103 Å². The Labute approximate surface area is 182 Å². The maximum Gasteiger partial charge on any atom is 0.647 e. The van der Waals surface area contributed by atoms with Crippen LogP contribution in [0.5, 0.6) is 17.2 Å². The molecule has 0 bridgehead atoms. The van der Waals surface area contributed by atoms with Gasteiger partial charge < -0.3 is 13.6 Å². The maximum absolute atomic E-state index is 13.7. The van der Waals surface area contributed by atoms with Crippen LogP contribution >= 0.6 is 7.82 Å². The van der Waals surface area contributed by atoms with Gasteiger partial charge in [0.25, 0.3) is 0 Å². The van der Waals surface area contributed by atoms with E-state index in [0.717, 1.165) is 22.3 Å². The molecule has 4 aromatic rings. The average molecular weight is 430 g/mol. The lowest BCUT2D eigenvalue weighted by Gasteiger charge is -2.21. The van der Waals surface area contributed by atoms with Gasteiger partial charge in [-0.15, -0.1) is 0 Å². The van der Waals surface area contributed by atoms with Crippen LogP contribution in [0.2, 0.25) is 0 Å². The molecule has 0 aliphatic rings. The van der Waals surface area contributed by atoms with Crippen LogP contribution in [0.25, 0.3) is 11.1 Å². The van der Waals surface area contributed by atoms with E-state index in [0.29, 0.717) is 17.2 Å². The van der Waals surface area contributed by atoms with Gasteiger partial charge in [-0.2, -0.15) is 4.57 Å². The SMILES string of the molecule is Cc1ccccc1OP(=O)(Oc1ccc(-c2ccccc2)cc1)Oc1ccccc1C. The molecule has 0 N–H and O–H groups in total. The summed E-state index contributed by atoms with van der Waals surface area (Å²) in [7, 11) is -4.03. The fraction of sp³-hybridized carbons (Fsp3) is 0.0769. The second-order valence-electron chi connectivity index (χ2n) is 7.14. The predicted molar refractivity (Wildman–Crippen MR) is 124 cm³/mol. The third-order valence-corrected chi connectivity index (χ3v) is 6.06. The molecule has 4 nitrogen and oxygen atoms in total. The van der Waals surface area contributed by atoms with E-state index in [-0.39, 0.29) is 0 Å². The molecular formula is C26H23O4P. The average Bonchev–Trinajstić information content (AvgIpc) is 2.78. The second kappa shape index (κ2) is 9.11. The summed E-state index contributed by atoms with van der Waals surface area (Å²) in [5.41, 5.74) is 3.78. The van der Waals surface area contributed by atoms with E-state index in [2.05, 4.69) is 0 Å². The van der Waals surface area contributed by atoms with Crippen molar-refractivity contribution in [3.8, 4) is 28.4 Å². The highest BCUT2D eigenvalue weighted by molar-refractivity contribution is 7.49. The molecule has 0 saturated heterocycles. The number of aryl methyl sites for hydroxylation is 2. The lowest BCUT2D eigenvalue weighted by atomic mass is 10.1. The minimum Gasteiger partial charge on any atom is -0.386 e. The Bertz CT molecular complexity index is 1150. The third kappa shape index (κ3) is 5.17. The molecule has 0 heterocycles. The third-order valence-electron chi connectivity index (χ3n) is 4.79. The zero-order chi connectivity index (χ0) is 21.7. The Hall–Kier alpha value is -3.49. The van der Waals surface area contributed by atoms with Crippen LogP contribution in [0.1, 0.15) is 11.1 Å². The van der Waals surface area contributed by atoms with Gasteiger partial charge in [0.1, 0.15) is 17.2 Å². The molecule has 31 heavy (non-hydrogen) atoms. The molecule has 0 fully saturated rings. The topological polar surface area (TPSA) is 44.8 Å². The molecule has 4 rings (SSSR count). The number of rotatable bonds is 7. The highest BCUT2D eigenvalue weighted by Gasteiger charge is 2.34. The van der Waals surface area contributed by atoms with Gasteiger partial charge in [-0.25, -0.2) is 0 Å². The first kappa shape index (κ1) is 20.8. The van der Waals surface area contributed by atoms with Crippen molar-refractivity contribution in [2.45, 2.75) is 13.8 Å². The summed E-state index contributed by atoms with van der Waals surface area (Å²) in [5, 5.41) is 0. The molecular weight excluding hydrogens is 407 g/mol. The molecule has 0 unspecified atom stereocenters. The number of hydrogen-bond acceptors (Lipinski definition) is 4. The van der Waals surface area contributed by atoms with Gasteiger partial charge in [-0.3, -0.25) is 0 Å². The highest BCUT2D eigenvalue weighted by Crippen LogP contribution is 2.51. The van der Waals surface area contributed by atoms with Crippen LogP contribution in [-0.4, -0.2) is 0 Å². The molecule has 0 aliphatic heterocycles. The van der Waals surface area contributed by atoms with E-state index in [1.165, 1.54) is 0 Å². The van der Waals surface area contributed by atoms with E-state index >= 15 is 0 Å². The van der Waals surface area contributed by atoms with Crippen LogP contribution in [-0.2, 0) is 4.57 Å². The van der Waals surface area contributed by atoms with Gasteiger partial charge in [0.15, 0.2) is 0 Å². The number of para-hydroxylation sites is 2. The van der Waals surface area contributed by atoms with Gasteiger partial charge in [-0.1, -0.05) is 78.9 Å². The summed E-state index contributed by atoms with van der Waals surface area (Å²) in [4.78, 5) is 0. The number of benzene rings is 4. The Balaban J connectivity index is 1.63. The first-order valence-electron chi connectivity index (χ1n) is 9.98. The van der Waals surface area contributed by atoms with Crippen molar-refractivity contribution in [2.75, 3.05) is 0 Å². The van der Waals surface area contributed by atoms with Gasteiger partial charge >= 0.3 is 7.82 Å². The van der Waals surface area contributed by atoms with Crippen LogP contribution in [0.4, 0.5) is 0 Å². The van der Waals surface area contributed by atoms with Crippen LogP contribution < -0.4 is 13.6 Å². The summed E-state index contributed by atoms with van der Waals surface area (Å²) >= 11 is 0. The Morgan fingerprint density at radius 2 is 0.968 bits per heavy atom. The summed E-state index contributed by atoms with van der Waals surface area (Å²) in [6.07, 6.45) is 0. The van der Waals surface area contributed by atoms with Crippen molar-refractivity contribution in [1.29, 1.82) is 0 Å². The summed E-state index contributed by atoms with van der Waals surface area (Å²) < 4.78 is 31.2. The van der Waals surface area contributed by atoms with E-state index in [1.54, 1.807) is 24.3 Å². The summed E-state index contributed by atoms with van der Waals surface area (Å²) in [6, 6.07) is 32.0. The lowest BCUT2D eigenvalue weighted by molar-refractivity contribution is 0.297. The van der Waals surface area contributed by atoms with Gasteiger partial charge in [0.2, 0.25) is 0 Å². The second-order valence-corrected chi connectivity index (χ2v) is 8.58. The first-order valence-corrected chi connectivity index (χ1v) is 11.4. The molecule has 0 aliphatic carbocycles. The van der Waals surface area contributed by atoms with Gasteiger partial charge in [-0.05, 0) is 60.4 Å². The highest BCUT2D eigenvalue weighted by atomic mass is 31.2. The van der Waals surface area contributed by atoms with Crippen molar-refractivity contribution >= 4 is 7.82 Å². The predicted octanol–water partition coefficient (Wildman–Crippen LogP) is 7.62. The molecule has 0 spiro atoms. The summed E-state index contributed by atoms with van der Waals surface area (Å²) in [5.74, 6) is 1.28. The van der Waals surface area contributed by atoms with Crippen molar-refractivity contribution in [2.24, 2.45) is 0 Å². The van der Waals surface area contributed by atoms with Crippen molar-refractivity contribution in [3.05, 3.63) is 114 Å². The number of phosphoric acid groups is 1. The Morgan fingerprint density at radius 1 is 0.516 bits per heavy atom. The minimum atomic E-state index is -4.03. The molecule has 4 aromatic carbocycles. The van der Waals surface area contributed by atoms with E-state index < -0.39 is 7.82 Å². The molecule has 0 radical (unpaired) electrons. The number of phosphoric ester groups is 1.